The van der Waals surface area contributed by atoms with Crippen LogP contribution in [0.15, 0.2) is 114 Å². The number of nitrogens with zero attached hydrogens (tertiary/aromatic N) is 3. The van der Waals surface area contributed by atoms with Crippen molar-refractivity contribution >= 4 is 68.3 Å². The number of fused-ring (bicyclic) bond motifs is 1. The molecule has 0 saturated heterocycles. The predicted molar refractivity (Wildman–Crippen MR) is 175 cm³/mol. The molecule has 2 heterocycles. The van der Waals surface area contributed by atoms with E-state index in [1.807, 2.05) is 91.0 Å². The molecule has 0 fully saturated rings. The third kappa shape index (κ3) is 8.34. The van der Waals surface area contributed by atoms with E-state index in [-0.39, 0.29) is 42.2 Å². The summed E-state index contributed by atoms with van der Waals surface area (Å²) in [7, 11) is 0. The lowest BCUT2D eigenvalue weighted by Gasteiger charge is -2.23. The lowest BCUT2D eigenvalue weighted by atomic mass is 10.1. The van der Waals surface area contributed by atoms with Crippen molar-refractivity contribution < 1.29 is 14.3 Å². The molecule has 0 saturated carbocycles. The fourth-order valence-corrected chi connectivity index (χ4v) is 4.61. The summed E-state index contributed by atoms with van der Waals surface area (Å²) in [6, 6.07) is 30.5. The highest BCUT2D eigenvalue weighted by atomic mass is 127. The van der Waals surface area contributed by atoms with Gasteiger partial charge in [0.15, 0.2) is 0 Å². The summed E-state index contributed by atoms with van der Waals surface area (Å²) in [5.74, 6) is 0.389. The largest absolute Gasteiger partial charge is 0.487 e. The van der Waals surface area contributed by atoms with Crippen molar-refractivity contribution in [2.75, 3.05) is 18.0 Å². The molecule has 0 spiro atoms. The minimum absolute atomic E-state index is 0. The van der Waals surface area contributed by atoms with Gasteiger partial charge in [-0.2, -0.15) is 0 Å². The zero-order valence-electron chi connectivity index (χ0n) is 22.1. The molecule has 2 aromatic heterocycles. The lowest BCUT2D eigenvalue weighted by molar-refractivity contribution is -0.120. The van der Waals surface area contributed by atoms with E-state index >= 15 is 0 Å². The van der Waals surface area contributed by atoms with Gasteiger partial charge in [-0.25, -0.2) is 4.98 Å². The Hall–Kier alpha value is -3.83. The zero-order chi connectivity index (χ0) is 27.7. The van der Waals surface area contributed by atoms with Crippen molar-refractivity contribution in [2.24, 2.45) is 0 Å². The first-order chi connectivity index (χ1) is 19.5. The first-order valence-corrected chi connectivity index (χ1v) is 13.6. The molecule has 0 aliphatic rings. The third-order valence-corrected chi connectivity index (χ3v) is 6.69. The molecule has 0 radical (unpaired) electrons. The average molecular weight is 723 g/mol. The second kappa shape index (κ2) is 14.7. The Bertz CT molecular complexity index is 1620. The van der Waals surface area contributed by atoms with E-state index in [2.05, 4.69) is 31.2 Å². The molecule has 41 heavy (non-hydrogen) atoms. The number of anilines is 1. The molecular formula is C32H28BrIN4O3. The summed E-state index contributed by atoms with van der Waals surface area (Å²) in [5.41, 5.74) is 3.86. The first kappa shape index (κ1) is 30.1. The fourth-order valence-electron chi connectivity index (χ4n) is 4.24. The standard InChI is InChI=1S/C32H27BrN4O3.HI/c33-26-19-25(20-34-21-26)32(39)37(28-7-2-1-3-8-28)17-16-35-31(38)18-23-10-14-29(15-11-23)40-22-27-13-12-24-6-4-5-9-30(24)36-27;/h1-15,19-21H,16-18,22H2,(H,35,38);1H. The Kier molecular flexibility index (Phi) is 10.8. The van der Waals surface area contributed by atoms with Crippen LogP contribution in [0.25, 0.3) is 10.9 Å². The number of ether oxygens (including phenoxy) is 1. The second-order valence-electron chi connectivity index (χ2n) is 9.14. The minimum Gasteiger partial charge on any atom is -0.487 e. The van der Waals surface area contributed by atoms with E-state index in [1.165, 1.54) is 6.20 Å². The van der Waals surface area contributed by atoms with Gasteiger partial charge in [-0.15, -0.1) is 24.0 Å². The number of halogens is 2. The van der Waals surface area contributed by atoms with Crippen LogP contribution < -0.4 is 15.0 Å². The Morgan fingerprint density at radius 2 is 1.63 bits per heavy atom. The van der Waals surface area contributed by atoms with Gasteiger partial charge in [-0.1, -0.05) is 54.6 Å². The van der Waals surface area contributed by atoms with Crippen molar-refractivity contribution in [2.45, 2.75) is 13.0 Å². The van der Waals surface area contributed by atoms with Gasteiger partial charge in [-0.05, 0) is 64.0 Å². The average Bonchev–Trinajstić information content (AvgIpc) is 2.99. The number of carbonyl (C=O) groups is 2. The second-order valence-corrected chi connectivity index (χ2v) is 10.1. The van der Waals surface area contributed by atoms with Gasteiger partial charge in [0, 0.05) is 41.0 Å². The van der Waals surface area contributed by atoms with Gasteiger partial charge in [0.1, 0.15) is 12.4 Å². The van der Waals surface area contributed by atoms with Gasteiger partial charge >= 0.3 is 0 Å². The van der Waals surface area contributed by atoms with E-state index in [1.54, 1.807) is 17.2 Å². The highest BCUT2D eigenvalue weighted by Crippen LogP contribution is 2.19. The molecule has 0 bridgehead atoms. The van der Waals surface area contributed by atoms with Crippen LogP contribution in [-0.2, 0) is 17.8 Å². The molecule has 2 amide bonds. The number of amides is 2. The number of hydrogen-bond donors (Lipinski definition) is 1. The molecule has 0 aliphatic heterocycles. The summed E-state index contributed by atoms with van der Waals surface area (Å²) in [4.78, 5) is 36.3. The van der Waals surface area contributed by atoms with E-state index in [9.17, 15) is 9.59 Å². The quantitative estimate of drug-likeness (QED) is 0.165. The Labute approximate surface area is 264 Å². The number of nitrogens with one attached hydrogen (secondary N) is 1. The van der Waals surface area contributed by atoms with Crippen molar-refractivity contribution in [3.05, 3.63) is 131 Å². The number of hydrogen-bond acceptors (Lipinski definition) is 5. The van der Waals surface area contributed by atoms with Crippen LogP contribution >= 0.6 is 39.9 Å². The van der Waals surface area contributed by atoms with Crippen LogP contribution in [0.4, 0.5) is 5.69 Å². The number of rotatable bonds is 10. The van der Waals surface area contributed by atoms with Crippen molar-refractivity contribution in [1.29, 1.82) is 0 Å². The van der Waals surface area contributed by atoms with Crippen molar-refractivity contribution in [3.63, 3.8) is 0 Å². The molecule has 5 rings (SSSR count). The molecule has 0 aliphatic carbocycles. The smallest absolute Gasteiger partial charge is 0.259 e. The van der Waals surface area contributed by atoms with Crippen LogP contribution in [0.1, 0.15) is 21.6 Å². The van der Waals surface area contributed by atoms with Gasteiger partial charge in [0.25, 0.3) is 5.91 Å². The summed E-state index contributed by atoms with van der Waals surface area (Å²) in [5, 5.41) is 4.02. The molecule has 0 atom stereocenters. The number of pyridine rings is 2. The van der Waals surface area contributed by atoms with Crippen LogP contribution in [0.5, 0.6) is 5.75 Å². The third-order valence-electron chi connectivity index (χ3n) is 6.25. The van der Waals surface area contributed by atoms with Gasteiger partial charge < -0.3 is 15.0 Å². The Balaban J connectivity index is 0.00000387. The predicted octanol–water partition coefficient (Wildman–Crippen LogP) is 6.60. The summed E-state index contributed by atoms with van der Waals surface area (Å²) < 4.78 is 6.62. The maximum absolute atomic E-state index is 13.2. The fraction of sp³-hybridized carbons (Fsp3) is 0.125. The van der Waals surface area contributed by atoms with Gasteiger partial charge in [0.05, 0.1) is 23.2 Å². The van der Waals surface area contributed by atoms with E-state index in [0.717, 1.165) is 32.3 Å². The highest BCUT2D eigenvalue weighted by Gasteiger charge is 2.18. The van der Waals surface area contributed by atoms with Crippen molar-refractivity contribution in [1.82, 2.24) is 15.3 Å². The number of para-hydroxylation sites is 2. The van der Waals surface area contributed by atoms with E-state index in [4.69, 9.17) is 4.74 Å². The molecule has 1 N–H and O–H groups in total. The summed E-state index contributed by atoms with van der Waals surface area (Å²) >= 11 is 3.37. The van der Waals surface area contributed by atoms with Crippen LogP contribution in [0.2, 0.25) is 0 Å². The molecule has 3 aromatic carbocycles. The normalized spacial score (nSPS) is 10.5. The Morgan fingerprint density at radius 1 is 0.878 bits per heavy atom. The number of benzene rings is 3. The maximum atomic E-state index is 13.2. The lowest BCUT2D eigenvalue weighted by Crippen LogP contribution is -2.39. The number of carbonyl (C=O) groups excluding carboxylic acids is 2. The molecule has 7 nitrogen and oxygen atoms in total. The molecule has 9 heteroatoms. The molecule has 5 aromatic rings. The minimum atomic E-state index is -0.191. The zero-order valence-corrected chi connectivity index (χ0v) is 26.0. The van der Waals surface area contributed by atoms with Gasteiger partial charge in [0.2, 0.25) is 5.91 Å². The van der Waals surface area contributed by atoms with Crippen molar-refractivity contribution in [3.8, 4) is 5.75 Å². The SMILES string of the molecule is I.O=C(Cc1ccc(OCc2ccc3ccccc3n2)cc1)NCCN(C(=O)c1cncc(Br)c1)c1ccccc1. The molecule has 0 unspecified atom stereocenters. The molecular weight excluding hydrogens is 695 g/mol. The first-order valence-electron chi connectivity index (χ1n) is 12.9. The van der Waals surface area contributed by atoms with Gasteiger partial charge in [-0.3, -0.25) is 14.6 Å². The van der Waals surface area contributed by atoms with Crippen LogP contribution in [0.3, 0.4) is 0 Å². The highest BCUT2D eigenvalue weighted by molar-refractivity contribution is 14.0. The summed E-state index contributed by atoms with van der Waals surface area (Å²) in [6.07, 6.45) is 3.39. The van der Waals surface area contributed by atoms with Crippen LogP contribution in [-0.4, -0.2) is 34.9 Å². The van der Waals surface area contributed by atoms with E-state index < -0.39 is 0 Å². The summed E-state index contributed by atoms with van der Waals surface area (Å²) in [6.45, 7) is 0.981. The Morgan fingerprint density at radius 3 is 2.41 bits per heavy atom. The van der Waals surface area contributed by atoms with E-state index in [0.29, 0.717) is 31.0 Å². The number of aromatic nitrogens is 2. The molecule has 208 valence electrons. The van der Waals surface area contributed by atoms with Crippen LogP contribution in [0, 0.1) is 0 Å². The maximum Gasteiger partial charge on any atom is 0.259 e. The monoisotopic (exact) mass is 722 g/mol. The topological polar surface area (TPSA) is 84.4 Å².